The van der Waals surface area contributed by atoms with Crippen molar-refractivity contribution < 1.29 is 14.2 Å². The monoisotopic (exact) mass is 474 g/mol. The Kier molecular flexibility index (Phi) is 7.52. The Morgan fingerprint density at radius 3 is 2.41 bits per heavy atom. The van der Waals surface area contributed by atoms with Crippen LogP contribution in [0.3, 0.4) is 0 Å². The van der Waals surface area contributed by atoms with E-state index in [1.54, 1.807) is 0 Å². The van der Waals surface area contributed by atoms with Crippen molar-refractivity contribution in [3.63, 3.8) is 0 Å². The molecule has 0 aromatic heterocycles. The largest absolute Gasteiger partial charge is 0.492 e. The average molecular weight is 475 g/mol. The van der Waals surface area contributed by atoms with Gasteiger partial charge in [0.2, 0.25) is 0 Å². The van der Waals surface area contributed by atoms with Crippen LogP contribution >= 0.6 is 11.6 Å². The van der Waals surface area contributed by atoms with Crippen LogP contribution in [0.5, 0.6) is 11.5 Å². The summed E-state index contributed by atoms with van der Waals surface area (Å²) in [7, 11) is 0. The third-order valence-electron chi connectivity index (χ3n) is 6.54. The lowest BCUT2D eigenvalue weighted by Gasteiger charge is -2.24. The summed E-state index contributed by atoms with van der Waals surface area (Å²) in [6.07, 6.45) is 6.26. The predicted molar refractivity (Wildman–Crippen MR) is 139 cm³/mol. The second-order valence-corrected chi connectivity index (χ2v) is 9.25. The second-order valence-electron chi connectivity index (χ2n) is 8.87. The highest BCUT2D eigenvalue weighted by Gasteiger charge is 2.22. The summed E-state index contributed by atoms with van der Waals surface area (Å²) in [4.78, 5) is 0. The Morgan fingerprint density at radius 1 is 0.824 bits per heavy atom. The Morgan fingerprint density at radius 2 is 1.65 bits per heavy atom. The number of fused-ring (bicyclic) bond motifs is 1. The molecule has 0 saturated carbocycles. The summed E-state index contributed by atoms with van der Waals surface area (Å²) in [6.45, 7) is 1.29. The van der Waals surface area contributed by atoms with Crippen molar-refractivity contribution in [1.29, 1.82) is 0 Å². The summed E-state index contributed by atoms with van der Waals surface area (Å²) in [5, 5.41) is 0. The van der Waals surface area contributed by atoms with Gasteiger partial charge in [-0.05, 0) is 89.8 Å². The second kappa shape index (κ2) is 11.1. The van der Waals surface area contributed by atoms with Gasteiger partial charge in [-0.3, -0.25) is 0 Å². The molecule has 5 rings (SSSR count). The van der Waals surface area contributed by atoms with Gasteiger partial charge in [0.05, 0.1) is 12.5 Å². The van der Waals surface area contributed by atoms with Crippen molar-refractivity contribution in [2.45, 2.75) is 44.8 Å². The first-order valence-electron chi connectivity index (χ1n) is 12.3. The quantitative estimate of drug-likeness (QED) is 0.332. The van der Waals surface area contributed by atoms with Gasteiger partial charge in [0.25, 0.3) is 0 Å². The Labute approximate surface area is 207 Å². The maximum atomic E-state index is 6.20. The van der Waals surface area contributed by atoms with Gasteiger partial charge in [0.15, 0.2) is 6.29 Å². The molecule has 4 heteroatoms. The molecule has 3 aromatic carbocycles. The average Bonchev–Trinajstić information content (AvgIpc) is 3.08. The number of alkyl halides is 1. The van der Waals surface area contributed by atoms with Crippen molar-refractivity contribution in [2.24, 2.45) is 0 Å². The number of hydrogen-bond acceptors (Lipinski definition) is 3. The molecule has 1 aliphatic heterocycles. The highest BCUT2D eigenvalue weighted by molar-refractivity contribution is 6.18. The first-order chi connectivity index (χ1) is 16.8. The van der Waals surface area contributed by atoms with Crippen LogP contribution < -0.4 is 9.47 Å². The smallest absolute Gasteiger partial charge is 0.199 e. The zero-order valence-corrected chi connectivity index (χ0v) is 20.2. The van der Waals surface area contributed by atoms with Crippen molar-refractivity contribution >= 4 is 22.7 Å². The number of aryl methyl sites for hydroxylation is 1. The van der Waals surface area contributed by atoms with Gasteiger partial charge in [0.1, 0.15) is 18.1 Å². The highest BCUT2D eigenvalue weighted by atomic mass is 35.5. The lowest BCUT2D eigenvalue weighted by Crippen LogP contribution is -2.25. The highest BCUT2D eigenvalue weighted by Crippen LogP contribution is 2.41. The van der Waals surface area contributed by atoms with E-state index < -0.39 is 0 Å². The van der Waals surface area contributed by atoms with Gasteiger partial charge < -0.3 is 14.2 Å². The Hall–Kier alpha value is -2.75. The van der Waals surface area contributed by atoms with Gasteiger partial charge in [0, 0.05) is 6.42 Å². The molecule has 1 saturated heterocycles. The van der Waals surface area contributed by atoms with Crippen molar-refractivity contribution in [3.05, 3.63) is 95.1 Å². The molecule has 3 nitrogen and oxygen atoms in total. The van der Waals surface area contributed by atoms with Crippen LogP contribution in [0, 0.1) is 0 Å². The Bertz CT molecular complexity index is 1120. The summed E-state index contributed by atoms with van der Waals surface area (Å²) in [5.74, 6) is 2.23. The van der Waals surface area contributed by atoms with Crippen LogP contribution in [0.15, 0.2) is 72.8 Å². The molecule has 1 aliphatic carbocycles. The van der Waals surface area contributed by atoms with Gasteiger partial charge in [-0.1, -0.05) is 48.5 Å². The molecule has 1 unspecified atom stereocenters. The van der Waals surface area contributed by atoms with E-state index in [4.69, 9.17) is 25.8 Å². The summed E-state index contributed by atoms with van der Waals surface area (Å²) in [5.41, 5.74) is 7.77. The molecular weight excluding hydrogens is 444 g/mol. The third kappa shape index (κ3) is 5.32. The molecule has 0 spiro atoms. The van der Waals surface area contributed by atoms with Gasteiger partial charge >= 0.3 is 0 Å². The standard InChI is InChI=1S/C30H31ClO3/c31-18-20-32-25-14-12-23(13-15-25)30-27(22-7-2-1-3-8-22)10-6-9-24-21-26(16-17-28(24)30)34-29-11-4-5-19-33-29/h1-3,7-8,12-17,21,29H,4-6,9-11,18-20H2. The van der Waals surface area contributed by atoms with Crippen molar-refractivity contribution in [2.75, 3.05) is 19.1 Å². The number of allylic oxidation sites excluding steroid dienone is 1. The number of rotatable bonds is 7. The van der Waals surface area contributed by atoms with Crippen LogP contribution in [-0.4, -0.2) is 25.4 Å². The molecule has 1 heterocycles. The van der Waals surface area contributed by atoms with Gasteiger partial charge in [-0.25, -0.2) is 0 Å². The Balaban J connectivity index is 1.55. The number of benzene rings is 3. The fourth-order valence-corrected chi connectivity index (χ4v) is 5.00. The zero-order valence-electron chi connectivity index (χ0n) is 19.5. The minimum Gasteiger partial charge on any atom is -0.492 e. The molecular formula is C30H31ClO3. The van der Waals surface area contributed by atoms with Crippen LogP contribution in [-0.2, 0) is 11.2 Å². The molecule has 3 aromatic rings. The molecule has 1 atom stereocenters. The normalized spacial score (nSPS) is 18.2. The minimum absolute atomic E-state index is 0.131. The van der Waals surface area contributed by atoms with Crippen LogP contribution in [0.4, 0.5) is 0 Å². The van der Waals surface area contributed by atoms with E-state index in [2.05, 4.69) is 60.7 Å². The molecule has 2 aliphatic rings. The predicted octanol–water partition coefficient (Wildman–Crippen LogP) is 7.51. The molecule has 0 N–H and O–H groups in total. The van der Waals surface area contributed by atoms with Crippen LogP contribution in [0.1, 0.15) is 54.4 Å². The van der Waals surface area contributed by atoms with Gasteiger partial charge in [-0.2, -0.15) is 0 Å². The fourth-order valence-electron chi connectivity index (χ4n) is 4.93. The zero-order chi connectivity index (χ0) is 23.2. The topological polar surface area (TPSA) is 27.7 Å². The molecule has 0 radical (unpaired) electrons. The van der Waals surface area contributed by atoms with Crippen molar-refractivity contribution in [1.82, 2.24) is 0 Å². The molecule has 0 amide bonds. The molecule has 34 heavy (non-hydrogen) atoms. The summed E-state index contributed by atoms with van der Waals surface area (Å²) >= 11 is 5.79. The first kappa shape index (κ1) is 23.0. The number of ether oxygens (including phenoxy) is 3. The minimum atomic E-state index is -0.131. The maximum absolute atomic E-state index is 6.20. The van der Waals surface area contributed by atoms with E-state index >= 15 is 0 Å². The number of halogens is 1. The maximum Gasteiger partial charge on any atom is 0.199 e. The van der Waals surface area contributed by atoms with E-state index in [1.807, 2.05) is 12.1 Å². The fraction of sp³-hybridized carbons (Fsp3) is 0.333. The van der Waals surface area contributed by atoms with Crippen LogP contribution in [0.2, 0.25) is 0 Å². The summed E-state index contributed by atoms with van der Waals surface area (Å²) < 4.78 is 17.7. The number of hydrogen-bond donors (Lipinski definition) is 0. The lowest BCUT2D eigenvalue weighted by atomic mass is 9.88. The van der Waals surface area contributed by atoms with E-state index in [-0.39, 0.29) is 6.29 Å². The summed E-state index contributed by atoms with van der Waals surface area (Å²) in [6, 6.07) is 25.7. The van der Waals surface area contributed by atoms with Crippen LogP contribution in [0.25, 0.3) is 11.1 Å². The lowest BCUT2D eigenvalue weighted by molar-refractivity contribution is -0.105. The first-order valence-corrected chi connectivity index (χ1v) is 12.8. The van der Waals surface area contributed by atoms with E-state index in [1.165, 1.54) is 33.4 Å². The SMILES string of the molecule is ClCCOc1ccc(C2=C(c3ccccc3)CCCc3cc(OC4CCCCO4)ccc32)cc1. The van der Waals surface area contributed by atoms with E-state index in [9.17, 15) is 0 Å². The molecule has 176 valence electrons. The molecule has 1 fully saturated rings. The third-order valence-corrected chi connectivity index (χ3v) is 6.69. The van der Waals surface area contributed by atoms with E-state index in [0.29, 0.717) is 12.5 Å². The van der Waals surface area contributed by atoms with Gasteiger partial charge in [-0.15, -0.1) is 11.6 Å². The molecule has 0 bridgehead atoms. The van der Waals surface area contributed by atoms with E-state index in [0.717, 1.165) is 56.6 Å². The van der Waals surface area contributed by atoms with Crippen molar-refractivity contribution in [3.8, 4) is 11.5 Å².